The predicted octanol–water partition coefficient (Wildman–Crippen LogP) is 1.35. The molecule has 0 fully saturated rings. The van der Waals surface area contributed by atoms with E-state index in [1.54, 1.807) is 31.2 Å². The van der Waals surface area contributed by atoms with Gasteiger partial charge in [0.25, 0.3) is 0 Å². The molecular weight excluding hydrogens is 194 g/mol. The Kier molecular flexibility index (Phi) is 4.12. The van der Waals surface area contributed by atoms with Crippen molar-refractivity contribution in [3.8, 4) is 5.75 Å². The molecular formula is C11H15NO3. The van der Waals surface area contributed by atoms with Crippen molar-refractivity contribution in [3.05, 3.63) is 29.8 Å². The van der Waals surface area contributed by atoms with E-state index in [2.05, 4.69) is 0 Å². The third kappa shape index (κ3) is 3.59. The minimum absolute atomic E-state index is 0.122. The molecule has 1 aromatic rings. The van der Waals surface area contributed by atoms with Crippen LogP contribution in [0.25, 0.3) is 0 Å². The summed E-state index contributed by atoms with van der Waals surface area (Å²) in [6.45, 7) is 2.10. The number of nitrogens with two attached hydrogens (primary N) is 1. The first kappa shape index (κ1) is 11.5. The third-order valence-electron chi connectivity index (χ3n) is 1.99. The number of carbonyl (C=O) groups excluding carboxylic acids is 1. The molecule has 0 aromatic heterocycles. The number of hydrogen-bond acceptors (Lipinski definition) is 4. The van der Waals surface area contributed by atoms with Gasteiger partial charge in [0.2, 0.25) is 0 Å². The van der Waals surface area contributed by atoms with E-state index in [-0.39, 0.29) is 18.1 Å². The predicted molar refractivity (Wildman–Crippen MR) is 56.3 cm³/mol. The number of rotatable bonds is 4. The van der Waals surface area contributed by atoms with Gasteiger partial charge < -0.3 is 15.6 Å². The molecule has 82 valence electrons. The maximum atomic E-state index is 11.1. The summed E-state index contributed by atoms with van der Waals surface area (Å²) in [5, 5.41) is 9.23. The van der Waals surface area contributed by atoms with E-state index in [9.17, 15) is 9.90 Å². The van der Waals surface area contributed by atoms with Gasteiger partial charge in [-0.1, -0.05) is 12.1 Å². The van der Waals surface area contributed by atoms with E-state index in [1.807, 2.05) is 0 Å². The van der Waals surface area contributed by atoms with Crippen molar-refractivity contribution in [2.24, 2.45) is 5.73 Å². The van der Waals surface area contributed by atoms with Crippen LogP contribution in [0.4, 0.5) is 0 Å². The number of hydrogen-bond donors (Lipinski definition) is 2. The van der Waals surface area contributed by atoms with Gasteiger partial charge in [0.05, 0.1) is 13.0 Å². The van der Waals surface area contributed by atoms with Crippen LogP contribution in [-0.2, 0) is 9.53 Å². The van der Waals surface area contributed by atoms with Crippen LogP contribution < -0.4 is 5.73 Å². The molecule has 3 N–H and O–H groups in total. The second-order valence-electron chi connectivity index (χ2n) is 3.21. The number of phenolic OH excluding ortho intramolecular Hbond substituents is 1. The summed E-state index contributed by atoms with van der Waals surface area (Å²) < 4.78 is 4.78. The quantitative estimate of drug-likeness (QED) is 0.734. The molecule has 0 aliphatic carbocycles. The highest BCUT2D eigenvalue weighted by atomic mass is 16.5. The molecule has 0 heterocycles. The first-order valence-electron chi connectivity index (χ1n) is 4.83. The molecule has 0 amide bonds. The van der Waals surface area contributed by atoms with Crippen LogP contribution in [0.2, 0.25) is 0 Å². The van der Waals surface area contributed by atoms with Crippen molar-refractivity contribution < 1.29 is 14.6 Å². The second kappa shape index (κ2) is 5.36. The lowest BCUT2D eigenvalue weighted by atomic mass is 10.0. The first-order chi connectivity index (χ1) is 7.13. The van der Waals surface area contributed by atoms with Gasteiger partial charge in [0, 0.05) is 6.04 Å². The van der Waals surface area contributed by atoms with Crippen molar-refractivity contribution in [2.45, 2.75) is 19.4 Å². The monoisotopic (exact) mass is 209 g/mol. The molecule has 4 heteroatoms. The van der Waals surface area contributed by atoms with Crippen molar-refractivity contribution >= 4 is 5.97 Å². The Morgan fingerprint density at radius 2 is 2.33 bits per heavy atom. The van der Waals surface area contributed by atoms with E-state index < -0.39 is 6.04 Å². The van der Waals surface area contributed by atoms with Gasteiger partial charge in [-0.25, -0.2) is 0 Å². The molecule has 1 atom stereocenters. The van der Waals surface area contributed by atoms with Crippen LogP contribution in [0, 0.1) is 0 Å². The van der Waals surface area contributed by atoms with E-state index >= 15 is 0 Å². The van der Waals surface area contributed by atoms with Gasteiger partial charge in [0.1, 0.15) is 5.75 Å². The van der Waals surface area contributed by atoms with Crippen molar-refractivity contribution in [1.29, 1.82) is 0 Å². The molecule has 0 bridgehead atoms. The Balaban J connectivity index is 2.60. The lowest BCUT2D eigenvalue weighted by molar-refractivity contribution is -0.143. The summed E-state index contributed by atoms with van der Waals surface area (Å²) in [5.74, 6) is -0.180. The Hall–Kier alpha value is -1.55. The smallest absolute Gasteiger partial charge is 0.307 e. The van der Waals surface area contributed by atoms with Gasteiger partial charge in [-0.05, 0) is 24.6 Å². The average Bonchev–Trinajstić information content (AvgIpc) is 2.18. The minimum Gasteiger partial charge on any atom is -0.508 e. The molecule has 0 aliphatic heterocycles. The highest BCUT2D eigenvalue weighted by Crippen LogP contribution is 2.19. The molecule has 0 aliphatic rings. The zero-order valence-corrected chi connectivity index (χ0v) is 8.64. The van der Waals surface area contributed by atoms with E-state index in [0.717, 1.165) is 5.56 Å². The fourth-order valence-electron chi connectivity index (χ4n) is 1.27. The number of esters is 1. The Labute approximate surface area is 88.7 Å². The average molecular weight is 209 g/mol. The Bertz CT molecular complexity index is 338. The van der Waals surface area contributed by atoms with Crippen LogP contribution >= 0.6 is 0 Å². The SMILES string of the molecule is CCOC(=O)CC(N)c1cccc(O)c1. The molecule has 1 unspecified atom stereocenters. The number of aromatic hydroxyl groups is 1. The first-order valence-corrected chi connectivity index (χ1v) is 4.83. The van der Waals surface area contributed by atoms with E-state index in [4.69, 9.17) is 10.5 Å². The van der Waals surface area contributed by atoms with E-state index in [0.29, 0.717) is 6.61 Å². The molecule has 0 spiro atoms. The molecule has 0 saturated heterocycles. The van der Waals surface area contributed by atoms with Gasteiger partial charge in [-0.2, -0.15) is 0 Å². The van der Waals surface area contributed by atoms with E-state index in [1.165, 1.54) is 0 Å². The maximum absolute atomic E-state index is 11.1. The summed E-state index contributed by atoms with van der Waals surface area (Å²) in [7, 11) is 0. The zero-order chi connectivity index (χ0) is 11.3. The lowest BCUT2D eigenvalue weighted by Gasteiger charge is -2.11. The van der Waals surface area contributed by atoms with Gasteiger partial charge >= 0.3 is 5.97 Å². The number of phenols is 1. The molecule has 1 rings (SSSR count). The summed E-state index contributed by atoms with van der Waals surface area (Å²) in [6, 6.07) is 6.13. The highest BCUT2D eigenvalue weighted by molar-refractivity contribution is 5.70. The van der Waals surface area contributed by atoms with Crippen LogP contribution in [0.3, 0.4) is 0 Å². The largest absolute Gasteiger partial charge is 0.508 e. The molecule has 0 radical (unpaired) electrons. The standard InChI is InChI=1S/C11H15NO3/c1-2-15-11(14)7-10(12)8-4-3-5-9(13)6-8/h3-6,10,13H,2,7,12H2,1H3. The molecule has 4 nitrogen and oxygen atoms in total. The Morgan fingerprint density at radius 1 is 1.60 bits per heavy atom. The molecule has 15 heavy (non-hydrogen) atoms. The number of benzene rings is 1. The molecule has 0 saturated carbocycles. The minimum atomic E-state index is -0.434. The van der Waals surface area contributed by atoms with Gasteiger partial charge in [-0.15, -0.1) is 0 Å². The van der Waals surface area contributed by atoms with Crippen LogP contribution in [0.15, 0.2) is 24.3 Å². The van der Waals surface area contributed by atoms with Crippen molar-refractivity contribution in [1.82, 2.24) is 0 Å². The van der Waals surface area contributed by atoms with Gasteiger partial charge in [-0.3, -0.25) is 4.79 Å². The summed E-state index contributed by atoms with van der Waals surface area (Å²) in [6.07, 6.45) is 0.122. The normalized spacial score (nSPS) is 12.1. The number of ether oxygens (including phenoxy) is 1. The topological polar surface area (TPSA) is 72.5 Å². The second-order valence-corrected chi connectivity index (χ2v) is 3.21. The fourth-order valence-corrected chi connectivity index (χ4v) is 1.27. The zero-order valence-electron chi connectivity index (χ0n) is 8.64. The fraction of sp³-hybridized carbons (Fsp3) is 0.364. The summed E-state index contributed by atoms with van der Waals surface area (Å²) in [5.41, 5.74) is 6.51. The van der Waals surface area contributed by atoms with Crippen LogP contribution in [-0.4, -0.2) is 17.7 Å². The molecule has 1 aromatic carbocycles. The van der Waals surface area contributed by atoms with Crippen molar-refractivity contribution in [2.75, 3.05) is 6.61 Å². The Morgan fingerprint density at radius 3 is 2.93 bits per heavy atom. The summed E-state index contributed by atoms with van der Waals surface area (Å²) in [4.78, 5) is 11.1. The highest BCUT2D eigenvalue weighted by Gasteiger charge is 2.12. The van der Waals surface area contributed by atoms with Gasteiger partial charge in [0.15, 0.2) is 0 Å². The maximum Gasteiger partial charge on any atom is 0.307 e. The lowest BCUT2D eigenvalue weighted by Crippen LogP contribution is -2.17. The van der Waals surface area contributed by atoms with Crippen molar-refractivity contribution in [3.63, 3.8) is 0 Å². The van der Waals surface area contributed by atoms with Crippen LogP contribution in [0.1, 0.15) is 24.9 Å². The summed E-state index contributed by atoms with van der Waals surface area (Å²) >= 11 is 0. The third-order valence-corrected chi connectivity index (χ3v) is 1.99. The number of carbonyl (C=O) groups is 1. The van der Waals surface area contributed by atoms with Crippen LogP contribution in [0.5, 0.6) is 5.75 Å².